The van der Waals surface area contributed by atoms with Crippen molar-refractivity contribution in [2.45, 2.75) is 20.0 Å². The summed E-state index contributed by atoms with van der Waals surface area (Å²) in [6.45, 7) is 3.57. The first-order chi connectivity index (χ1) is 13.2. The Morgan fingerprint density at radius 2 is 1.96 bits per heavy atom. The molecular weight excluding hydrogens is 349 g/mol. The van der Waals surface area contributed by atoms with Crippen LogP contribution in [0.3, 0.4) is 0 Å². The van der Waals surface area contributed by atoms with E-state index in [1.807, 2.05) is 19.1 Å². The molecule has 0 amide bonds. The fourth-order valence-corrected chi connectivity index (χ4v) is 2.42. The quantitative estimate of drug-likeness (QED) is 0.464. The number of aliphatic hydroxyl groups is 1. The molecule has 0 atom stereocenters. The van der Waals surface area contributed by atoms with Gasteiger partial charge in [-0.25, -0.2) is 9.38 Å². The van der Waals surface area contributed by atoms with E-state index < -0.39 is 0 Å². The zero-order chi connectivity index (χ0) is 19.5. The van der Waals surface area contributed by atoms with E-state index in [-0.39, 0.29) is 19.0 Å². The van der Waals surface area contributed by atoms with Gasteiger partial charge in [-0.2, -0.15) is 0 Å². The predicted octanol–water partition coefficient (Wildman–Crippen LogP) is 2.46. The van der Waals surface area contributed by atoms with E-state index >= 15 is 0 Å². The summed E-state index contributed by atoms with van der Waals surface area (Å²) in [5.74, 6) is 1.51. The standard InChI is InChI=1S/C20H26FN3O3/c1-3-22-20(24-14-16-6-4-5-7-17(16)21)23-13-15-8-9-18(27-11-10-25)19(12-15)26-2/h4-9,12,25H,3,10-11,13-14H2,1-2H3,(H2,22,23,24). The second-order valence-electron chi connectivity index (χ2n) is 5.70. The van der Waals surface area contributed by atoms with Gasteiger partial charge in [0.15, 0.2) is 17.5 Å². The summed E-state index contributed by atoms with van der Waals surface area (Å²) in [6.07, 6.45) is 0. The third-order valence-electron chi connectivity index (χ3n) is 3.74. The number of aliphatic imine (C=N–C) groups is 1. The highest BCUT2D eigenvalue weighted by Crippen LogP contribution is 2.28. The summed E-state index contributed by atoms with van der Waals surface area (Å²) in [5, 5.41) is 15.1. The summed E-state index contributed by atoms with van der Waals surface area (Å²) in [5.41, 5.74) is 1.52. The number of halogens is 1. The number of nitrogens with one attached hydrogen (secondary N) is 2. The van der Waals surface area contributed by atoms with E-state index in [1.54, 1.807) is 31.4 Å². The molecule has 27 heavy (non-hydrogen) atoms. The molecule has 146 valence electrons. The Bertz CT molecular complexity index is 753. The Morgan fingerprint density at radius 3 is 2.67 bits per heavy atom. The lowest BCUT2D eigenvalue weighted by atomic mass is 10.2. The number of hydrogen-bond acceptors (Lipinski definition) is 4. The Balaban J connectivity index is 2.04. The van der Waals surface area contributed by atoms with Crippen LogP contribution < -0.4 is 20.1 Å². The number of rotatable bonds is 9. The van der Waals surface area contributed by atoms with Crippen LogP contribution in [0.4, 0.5) is 4.39 Å². The molecule has 3 N–H and O–H groups in total. The third kappa shape index (κ3) is 6.45. The van der Waals surface area contributed by atoms with Gasteiger partial charge in [-0.3, -0.25) is 0 Å². The summed E-state index contributed by atoms with van der Waals surface area (Å²) in [6, 6.07) is 12.2. The second kappa shape index (κ2) is 11.0. The molecule has 0 radical (unpaired) electrons. The first-order valence-electron chi connectivity index (χ1n) is 8.84. The van der Waals surface area contributed by atoms with Crippen molar-refractivity contribution in [1.29, 1.82) is 0 Å². The lowest BCUT2D eigenvalue weighted by Gasteiger charge is -2.13. The van der Waals surface area contributed by atoms with E-state index in [4.69, 9.17) is 14.6 Å². The van der Waals surface area contributed by atoms with Crippen LogP contribution in [0.5, 0.6) is 11.5 Å². The van der Waals surface area contributed by atoms with Gasteiger partial charge < -0.3 is 25.2 Å². The molecule has 6 nitrogen and oxygen atoms in total. The first kappa shape index (κ1) is 20.5. The van der Waals surface area contributed by atoms with Crippen LogP contribution in [0.25, 0.3) is 0 Å². The minimum atomic E-state index is -0.246. The smallest absolute Gasteiger partial charge is 0.191 e. The minimum absolute atomic E-state index is 0.0606. The van der Waals surface area contributed by atoms with Gasteiger partial charge >= 0.3 is 0 Å². The van der Waals surface area contributed by atoms with Crippen molar-refractivity contribution in [2.75, 3.05) is 26.9 Å². The number of hydrogen-bond donors (Lipinski definition) is 3. The van der Waals surface area contributed by atoms with Gasteiger partial charge in [0.05, 0.1) is 20.3 Å². The average Bonchev–Trinajstić information content (AvgIpc) is 2.69. The number of benzene rings is 2. The van der Waals surface area contributed by atoms with Crippen molar-refractivity contribution in [1.82, 2.24) is 10.6 Å². The fourth-order valence-electron chi connectivity index (χ4n) is 2.42. The van der Waals surface area contributed by atoms with Crippen molar-refractivity contribution in [3.8, 4) is 11.5 Å². The zero-order valence-corrected chi connectivity index (χ0v) is 15.7. The van der Waals surface area contributed by atoms with Crippen LogP contribution in [0.15, 0.2) is 47.5 Å². The number of nitrogens with zero attached hydrogens (tertiary/aromatic N) is 1. The lowest BCUT2D eigenvalue weighted by Crippen LogP contribution is -2.37. The number of guanidine groups is 1. The van der Waals surface area contributed by atoms with Gasteiger partial charge in [-0.05, 0) is 30.7 Å². The molecule has 2 aromatic rings. The summed E-state index contributed by atoms with van der Waals surface area (Å²) in [7, 11) is 1.56. The molecule has 0 spiro atoms. The second-order valence-corrected chi connectivity index (χ2v) is 5.70. The third-order valence-corrected chi connectivity index (χ3v) is 3.74. The molecule has 0 fully saturated rings. The number of methoxy groups -OCH3 is 1. The number of aliphatic hydroxyl groups excluding tert-OH is 1. The van der Waals surface area contributed by atoms with Crippen LogP contribution in [-0.4, -0.2) is 37.9 Å². The first-order valence-corrected chi connectivity index (χ1v) is 8.84. The normalized spacial score (nSPS) is 11.2. The molecule has 0 saturated carbocycles. The highest BCUT2D eigenvalue weighted by molar-refractivity contribution is 5.79. The largest absolute Gasteiger partial charge is 0.493 e. The maximum atomic E-state index is 13.7. The van der Waals surface area contributed by atoms with Crippen molar-refractivity contribution in [3.05, 3.63) is 59.4 Å². The molecule has 0 bridgehead atoms. The maximum absolute atomic E-state index is 13.7. The monoisotopic (exact) mass is 375 g/mol. The molecule has 0 heterocycles. The molecule has 2 aromatic carbocycles. The van der Waals surface area contributed by atoms with Crippen molar-refractivity contribution in [3.63, 3.8) is 0 Å². The Morgan fingerprint density at radius 1 is 1.15 bits per heavy atom. The number of ether oxygens (including phenoxy) is 2. The van der Waals surface area contributed by atoms with E-state index in [9.17, 15) is 4.39 Å². The van der Waals surface area contributed by atoms with Crippen LogP contribution in [0, 0.1) is 5.82 Å². The van der Waals surface area contributed by atoms with E-state index in [0.29, 0.717) is 42.7 Å². The fraction of sp³-hybridized carbons (Fsp3) is 0.350. The Kier molecular flexibility index (Phi) is 8.38. The molecule has 0 unspecified atom stereocenters. The lowest BCUT2D eigenvalue weighted by molar-refractivity contribution is 0.196. The molecule has 2 rings (SSSR count). The molecule has 0 aliphatic heterocycles. The minimum Gasteiger partial charge on any atom is -0.493 e. The van der Waals surface area contributed by atoms with Crippen LogP contribution in [-0.2, 0) is 13.1 Å². The highest BCUT2D eigenvalue weighted by Gasteiger charge is 2.07. The summed E-state index contributed by atoms with van der Waals surface area (Å²) < 4.78 is 24.5. The van der Waals surface area contributed by atoms with E-state index in [1.165, 1.54) is 6.07 Å². The average molecular weight is 375 g/mol. The molecule has 7 heteroatoms. The van der Waals surface area contributed by atoms with Crippen molar-refractivity contribution >= 4 is 5.96 Å². The highest BCUT2D eigenvalue weighted by atomic mass is 19.1. The molecule has 0 aromatic heterocycles. The van der Waals surface area contributed by atoms with Gasteiger partial charge in [-0.1, -0.05) is 24.3 Å². The molecule has 0 saturated heterocycles. The predicted molar refractivity (Wildman–Crippen MR) is 104 cm³/mol. The maximum Gasteiger partial charge on any atom is 0.191 e. The summed E-state index contributed by atoms with van der Waals surface area (Å²) in [4.78, 5) is 4.53. The van der Waals surface area contributed by atoms with Crippen LogP contribution in [0.1, 0.15) is 18.1 Å². The topological polar surface area (TPSA) is 75.1 Å². The van der Waals surface area contributed by atoms with Crippen molar-refractivity contribution < 1.29 is 19.0 Å². The molecular formula is C20H26FN3O3. The van der Waals surface area contributed by atoms with Gasteiger partial charge in [0, 0.05) is 18.7 Å². The zero-order valence-electron chi connectivity index (χ0n) is 15.7. The molecule has 0 aliphatic rings. The van der Waals surface area contributed by atoms with Gasteiger partial charge in [0.25, 0.3) is 0 Å². The van der Waals surface area contributed by atoms with Crippen LogP contribution >= 0.6 is 0 Å². The van der Waals surface area contributed by atoms with Crippen molar-refractivity contribution in [2.24, 2.45) is 4.99 Å². The van der Waals surface area contributed by atoms with E-state index in [0.717, 1.165) is 5.56 Å². The van der Waals surface area contributed by atoms with Gasteiger partial charge in [0.2, 0.25) is 0 Å². The SMILES string of the molecule is CCNC(=NCc1ccc(OCCO)c(OC)c1)NCc1ccccc1F. The van der Waals surface area contributed by atoms with E-state index in [2.05, 4.69) is 15.6 Å². The van der Waals surface area contributed by atoms with Gasteiger partial charge in [-0.15, -0.1) is 0 Å². The van der Waals surface area contributed by atoms with Gasteiger partial charge in [0.1, 0.15) is 12.4 Å². The van der Waals surface area contributed by atoms with Crippen LogP contribution in [0.2, 0.25) is 0 Å². The molecule has 0 aliphatic carbocycles. The Labute approximate surface area is 159 Å². The summed E-state index contributed by atoms with van der Waals surface area (Å²) >= 11 is 0. The Hall–Kier alpha value is -2.80.